The van der Waals surface area contributed by atoms with Crippen LogP contribution in [-0.2, 0) is 18.3 Å². The van der Waals surface area contributed by atoms with Crippen molar-refractivity contribution >= 4 is 16.6 Å². The molecule has 1 aliphatic rings. The molecule has 0 spiro atoms. The SMILES string of the molecule is Cc1ncc(-c2ccc3cnc(CC(=O)CN4CCN(CCF)CC4)cc3c2)n1C. The van der Waals surface area contributed by atoms with Gasteiger partial charge in [-0.3, -0.25) is 19.6 Å². The van der Waals surface area contributed by atoms with Crippen molar-refractivity contribution in [1.82, 2.24) is 24.3 Å². The van der Waals surface area contributed by atoms with Gasteiger partial charge in [-0.25, -0.2) is 9.37 Å². The van der Waals surface area contributed by atoms with Crippen molar-refractivity contribution in [3.8, 4) is 11.3 Å². The molecule has 2 aromatic heterocycles. The number of carbonyl (C=O) groups is 1. The third-order valence-corrected chi connectivity index (χ3v) is 5.94. The van der Waals surface area contributed by atoms with Crippen LogP contribution in [0.4, 0.5) is 4.39 Å². The maximum Gasteiger partial charge on any atom is 0.152 e. The first-order valence-electron chi connectivity index (χ1n) is 10.4. The summed E-state index contributed by atoms with van der Waals surface area (Å²) < 4.78 is 14.5. The Kier molecular flexibility index (Phi) is 6.20. The van der Waals surface area contributed by atoms with Gasteiger partial charge in [-0.2, -0.15) is 0 Å². The van der Waals surface area contributed by atoms with E-state index < -0.39 is 0 Å². The average molecular weight is 410 g/mol. The van der Waals surface area contributed by atoms with Crippen LogP contribution < -0.4 is 0 Å². The third-order valence-electron chi connectivity index (χ3n) is 5.94. The number of nitrogens with zero attached hydrogens (tertiary/aromatic N) is 5. The Morgan fingerprint density at radius 2 is 1.80 bits per heavy atom. The monoisotopic (exact) mass is 409 g/mol. The minimum atomic E-state index is -0.311. The summed E-state index contributed by atoms with van der Waals surface area (Å²) in [5.41, 5.74) is 2.96. The molecule has 0 aliphatic carbocycles. The molecule has 0 radical (unpaired) electrons. The molecule has 1 saturated heterocycles. The van der Waals surface area contributed by atoms with Crippen LogP contribution in [0.1, 0.15) is 11.5 Å². The van der Waals surface area contributed by atoms with Crippen molar-refractivity contribution in [2.45, 2.75) is 13.3 Å². The van der Waals surface area contributed by atoms with E-state index in [0.717, 1.165) is 59.7 Å². The van der Waals surface area contributed by atoms with Crippen LogP contribution in [0, 0.1) is 6.92 Å². The highest BCUT2D eigenvalue weighted by Gasteiger charge is 2.19. The number of alkyl halides is 1. The van der Waals surface area contributed by atoms with E-state index in [0.29, 0.717) is 19.5 Å². The summed E-state index contributed by atoms with van der Waals surface area (Å²) >= 11 is 0. The highest BCUT2D eigenvalue weighted by Crippen LogP contribution is 2.25. The van der Waals surface area contributed by atoms with Crippen molar-refractivity contribution < 1.29 is 9.18 Å². The first kappa shape index (κ1) is 20.6. The maximum atomic E-state index is 12.6. The molecule has 3 aromatic rings. The minimum absolute atomic E-state index is 0.166. The number of halogens is 1. The highest BCUT2D eigenvalue weighted by molar-refractivity contribution is 5.88. The number of hydrogen-bond acceptors (Lipinski definition) is 5. The first-order chi connectivity index (χ1) is 14.5. The van der Waals surface area contributed by atoms with Gasteiger partial charge < -0.3 is 4.57 Å². The Morgan fingerprint density at radius 1 is 1.03 bits per heavy atom. The van der Waals surface area contributed by atoms with E-state index in [1.54, 1.807) is 0 Å². The molecule has 0 amide bonds. The number of Topliss-reactive ketones (excluding diaryl/α,β-unsaturated/α-hetero) is 1. The van der Waals surface area contributed by atoms with Crippen molar-refractivity contribution in [2.75, 3.05) is 45.9 Å². The number of imidazole rings is 1. The molecule has 0 N–H and O–H groups in total. The molecular formula is C23H28FN5O. The van der Waals surface area contributed by atoms with Gasteiger partial charge in [0.15, 0.2) is 5.78 Å². The zero-order chi connectivity index (χ0) is 21.1. The van der Waals surface area contributed by atoms with Gasteiger partial charge in [-0.15, -0.1) is 0 Å². The van der Waals surface area contributed by atoms with E-state index in [1.165, 1.54) is 0 Å². The smallest absolute Gasteiger partial charge is 0.152 e. The lowest BCUT2D eigenvalue weighted by atomic mass is 10.0. The molecule has 0 saturated carbocycles. The molecule has 1 aliphatic heterocycles. The lowest BCUT2D eigenvalue weighted by molar-refractivity contribution is -0.120. The molecule has 6 nitrogen and oxygen atoms in total. The number of aryl methyl sites for hydroxylation is 1. The Morgan fingerprint density at radius 3 is 2.50 bits per heavy atom. The van der Waals surface area contributed by atoms with Crippen molar-refractivity contribution in [2.24, 2.45) is 7.05 Å². The van der Waals surface area contributed by atoms with Gasteiger partial charge in [0.1, 0.15) is 12.5 Å². The third kappa shape index (κ3) is 4.57. The van der Waals surface area contributed by atoms with Crippen LogP contribution in [0.2, 0.25) is 0 Å². The zero-order valence-corrected chi connectivity index (χ0v) is 17.6. The summed E-state index contributed by atoms with van der Waals surface area (Å²) in [6.07, 6.45) is 4.05. The Bertz CT molecular complexity index is 1040. The minimum Gasteiger partial charge on any atom is -0.331 e. The van der Waals surface area contributed by atoms with Gasteiger partial charge in [0.05, 0.1) is 24.9 Å². The van der Waals surface area contributed by atoms with Crippen LogP contribution >= 0.6 is 0 Å². The summed E-state index contributed by atoms with van der Waals surface area (Å²) in [5, 5.41) is 2.13. The molecule has 0 atom stereocenters. The lowest BCUT2D eigenvalue weighted by Crippen LogP contribution is -2.48. The summed E-state index contributed by atoms with van der Waals surface area (Å²) in [7, 11) is 2.01. The average Bonchev–Trinajstić information content (AvgIpc) is 3.07. The summed E-state index contributed by atoms with van der Waals surface area (Å²) in [6.45, 7) is 5.85. The quantitative estimate of drug-likeness (QED) is 0.601. The highest BCUT2D eigenvalue weighted by atomic mass is 19.1. The molecule has 0 bridgehead atoms. The maximum absolute atomic E-state index is 12.6. The summed E-state index contributed by atoms with van der Waals surface area (Å²) in [4.78, 5) is 25.7. The number of carbonyl (C=O) groups excluding carboxylic acids is 1. The normalized spacial score (nSPS) is 15.7. The molecule has 1 fully saturated rings. The van der Waals surface area contributed by atoms with Crippen LogP contribution in [0.3, 0.4) is 0 Å². The van der Waals surface area contributed by atoms with E-state index in [9.17, 15) is 9.18 Å². The fraction of sp³-hybridized carbons (Fsp3) is 0.435. The van der Waals surface area contributed by atoms with Gasteiger partial charge >= 0.3 is 0 Å². The Hall–Kier alpha value is -2.64. The number of benzene rings is 1. The van der Waals surface area contributed by atoms with Gasteiger partial charge in [0, 0.05) is 62.6 Å². The van der Waals surface area contributed by atoms with Crippen molar-refractivity contribution in [3.63, 3.8) is 0 Å². The van der Waals surface area contributed by atoms with Crippen molar-refractivity contribution in [3.05, 3.63) is 48.2 Å². The molecular weight excluding hydrogens is 381 g/mol. The van der Waals surface area contributed by atoms with Crippen LogP contribution in [0.25, 0.3) is 22.0 Å². The summed E-state index contributed by atoms with van der Waals surface area (Å²) in [5.74, 6) is 1.14. The molecule has 30 heavy (non-hydrogen) atoms. The van der Waals surface area contributed by atoms with Gasteiger partial charge in [0.25, 0.3) is 0 Å². The molecule has 3 heterocycles. The first-order valence-corrected chi connectivity index (χ1v) is 10.4. The lowest BCUT2D eigenvalue weighted by Gasteiger charge is -2.33. The number of ketones is 1. The molecule has 1 aromatic carbocycles. The van der Waals surface area contributed by atoms with E-state index in [2.05, 4.69) is 42.5 Å². The topological polar surface area (TPSA) is 54.3 Å². The predicted molar refractivity (Wildman–Crippen MR) is 116 cm³/mol. The molecule has 4 rings (SSSR count). The fourth-order valence-electron chi connectivity index (χ4n) is 4.01. The second-order valence-electron chi connectivity index (χ2n) is 8.01. The van der Waals surface area contributed by atoms with E-state index in [4.69, 9.17) is 0 Å². The van der Waals surface area contributed by atoms with Gasteiger partial charge in [-0.1, -0.05) is 12.1 Å². The number of aromatic nitrogens is 3. The van der Waals surface area contributed by atoms with Gasteiger partial charge in [0.2, 0.25) is 0 Å². The molecule has 7 heteroatoms. The predicted octanol–water partition coefficient (Wildman–Crippen LogP) is 2.64. The largest absolute Gasteiger partial charge is 0.331 e. The summed E-state index contributed by atoms with van der Waals surface area (Å²) in [6, 6.07) is 8.28. The van der Waals surface area contributed by atoms with E-state index >= 15 is 0 Å². The van der Waals surface area contributed by atoms with Crippen LogP contribution in [0.5, 0.6) is 0 Å². The fourth-order valence-corrected chi connectivity index (χ4v) is 4.01. The van der Waals surface area contributed by atoms with Crippen LogP contribution in [-0.4, -0.2) is 76.1 Å². The standard InChI is InChI=1S/C23H28FN5O/c1-17-25-15-23(27(17)2)18-3-4-19-14-26-21(12-20(19)11-18)13-22(30)16-29-9-7-28(6-5-24)8-10-29/h3-4,11-12,14-15H,5-10,13,16H2,1-2H3. The molecule has 158 valence electrons. The number of hydrogen-bond donors (Lipinski definition) is 0. The number of piperazine rings is 1. The number of fused-ring (bicyclic) bond motifs is 1. The van der Waals surface area contributed by atoms with Crippen LogP contribution in [0.15, 0.2) is 36.7 Å². The second kappa shape index (κ2) is 9.02. The second-order valence-corrected chi connectivity index (χ2v) is 8.01. The van der Waals surface area contributed by atoms with Crippen molar-refractivity contribution in [1.29, 1.82) is 0 Å². The number of rotatable bonds is 7. The number of pyridine rings is 1. The zero-order valence-electron chi connectivity index (χ0n) is 17.6. The van der Waals surface area contributed by atoms with E-state index in [-0.39, 0.29) is 12.5 Å². The van der Waals surface area contributed by atoms with E-state index in [1.807, 2.05) is 32.4 Å². The Balaban J connectivity index is 1.43. The molecule has 0 unspecified atom stereocenters. The Labute approximate surface area is 176 Å². The van der Waals surface area contributed by atoms with Gasteiger partial charge in [-0.05, 0) is 24.4 Å².